The minimum atomic E-state index is 0.0297. The van der Waals surface area contributed by atoms with Crippen molar-refractivity contribution in [1.29, 1.82) is 0 Å². The average molecular weight is 391 g/mol. The topological polar surface area (TPSA) is 121 Å². The minimum Gasteiger partial charge on any atom is -0.470 e. The smallest absolute Gasteiger partial charge is 0.246 e. The summed E-state index contributed by atoms with van der Waals surface area (Å²) in [5, 5.41) is 18.2. The van der Waals surface area contributed by atoms with E-state index >= 15 is 0 Å². The van der Waals surface area contributed by atoms with E-state index in [1.54, 1.807) is 18.5 Å². The van der Waals surface area contributed by atoms with Crippen LogP contribution in [0.4, 0.5) is 11.6 Å². The van der Waals surface area contributed by atoms with Gasteiger partial charge in [-0.05, 0) is 30.2 Å². The molecule has 4 rings (SSSR count). The number of carbonyl (C=O) groups excluding carboxylic acids is 1. The number of nitrogens with zero attached hydrogens (tertiary/aromatic N) is 4. The first-order valence-electron chi connectivity index (χ1n) is 9.30. The lowest BCUT2D eigenvalue weighted by atomic mass is 10.1. The highest BCUT2D eigenvalue weighted by Crippen LogP contribution is 2.22. The van der Waals surface area contributed by atoms with E-state index in [0.29, 0.717) is 30.0 Å². The molecule has 9 nitrogen and oxygen atoms in total. The molecule has 0 atom stereocenters. The second kappa shape index (κ2) is 8.09. The summed E-state index contributed by atoms with van der Waals surface area (Å²) in [4.78, 5) is 20.4. The molecule has 0 aliphatic rings. The van der Waals surface area contributed by atoms with E-state index in [4.69, 9.17) is 4.74 Å². The van der Waals surface area contributed by atoms with Crippen LogP contribution >= 0.6 is 0 Å². The molecule has 3 aromatic heterocycles. The van der Waals surface area contributed by atoms with E-state index in [2.05, 4.69) is 35.7 Å². The molecule has 0 saturated carbocycles. The van der Waals surface area contributed by atoms with Gasteiger partial charge < -0.3 is 10.1 Å². The molecule has 1 aromatic carbocycles. The summed E-state index contributed by atoms with van der Waals surface area (Å²) in [6.07, 6.45) is 3.89. The highest BCUT2D eigenvalue weighted by Gasteiger charge is 2.09. The van der Waals surface area contributed by atoms with Crippen molar-refractivity contribution < 1.29 is 9.53 Å². The number of H-pyrrole nitrogens is 2. The van der Waals surface area contributed by atoms with Crippen LogP contribution in [-0.2, 0) is 4.79 Å². The monoisotopic (exact) mass is 391 g/mol. The molecule has 148 valence electrons. The van der Waals surface area contributed by atoms with Gasteiger partial charge in [0.05, 0.1) is 11.7 Å². The van der Waals surface area contributed by atoms with Gasteiger partial charge in [0.15, 0.2) is 11.6 Å². The van der Waals surface area contributed by atoms with Crippen molar-refractivity contribution in [2.75, 3.05) is 11.9 Å². The Bertz CT molecular complexity index is 1120. The number of nitrogens with one attached hydrogen (secondary N) is 3. The summed E-state index contributed by atoms with van der Waals surface area (Å²) in [5.74, 6) is 1.80. The van der Waals surface area contributed by atoms with Crippen molar-refractivity contribution in [2.24, 2.45) is 5.92 Å². The van der Waals surface area contributed by atoms with Gasteiger partial charge in [-0.15, -0.1) is 5.10 Å². The Labute approximate surface area is 166 Å². The highest BCUT2D eigenvalue weighted by atomic mass is 16.5. The fourth-order valence-electron chi connectivity index (χ4n) is 2.87. The molecule has 0 saturated heterocycles. The number of benzene rings is 1. The van der Waals surface area contributed by atoms with Crippen molar-refractivity contribution in [3.63, 3.8) is 0 Å². The van der Waals surface area contributed by atoms with Gasteiger partial charge in [-0.2, -0.15) is 10.1 Å². The number of aromatic amines is 2. The number of ketones is 1. The van der Waals surface area contributed by atoms with Crippen molar-refractivity contribution in [3.8, 4) is 17.3 Å². The molecule has 9 heteroatoms. The Balaban J connectivity index is 1.39. The first kappa shape index (κ1) is 18.6. The van der Waals surface area contributed by atoms with Crippen molar-refractivity contribution in [2.45, 2.75) is 20.3 Å². The van der Waals surface area contributed by atoms with Crippen LogP contribution in [-0.4, -0.2) is 42.8 Å². The molecular weight excluding hydrogens is 370 g/mol. The Hall–Kier alpha value is -3.75. The number of pyridine rings is 1. The molecule has 0 aliphatic heterocycles. The van der Waals surface area contributed by atoms with Crippen LogP contribution in [0.3, 0.4) is 0 Å². The molecule has 3 N–H and O–H groups in total. The predicted octanol–water partition coefficient (Wildman–Crippen LogP) is 3.48. The third-order valence-corrected chi connectivity index (χ3v) is 4.21. The van der Waals surface area contributed by atoms with E-state index in [1.807, 2.05) is 38.1 Å². The van der Waals surface area contributed by atoms with Crippen LogP contribution in [0.25, 0.3) is 22.3 Å². The Kier molecular flexibility index (Phi) is 5.19. The molecule has 0 fully saturated rings. The van der Waals surface area contributed by atoms with E-state index in [-0.39, 0.29) is 12.4 Å². The molecule has 0 unspecified atom stereocenters. The lowest BCUT2D eigenvalue weighted by molar-refractivity contribution is -0.121. The number of aromatic nitrogens is 6. The molecule has 3 heterocycles. The second-order valence-electron chi connectivity index (χ2n) is 7.12. The van der Waals surface area contributed by atoms with Crippen LogP contribution in [0.2, 0.25) is 0 Å². The maximum absolute atomic E-state index is 11.7. The van der Waals surface area contributed by atoms with E-state index in [9.17, 15) is 4.79 Å². The second-order valence-corrected chi connectivity index (χ2v) is 7.12. The minimum absolute atomic E-state index is 0.0297. The lowest BCUT2D eigenvalue weighted by Gasteiger charge is -2.06. The Morgan fingerprint density at radius 2 is 2.07 bits per heavy atom. The van der Waals surface area contributed by atoms with Gasteiger partial charge in [-0.1, -0.05) is 13.8 Å². The Morgan fingerprint density at radius 3 is 2.86 bits per heavy atom. The van der Waals surface area contributed by atoms with Crippen molar-refractivity contribution >= 4 is 28.3 Å². The zero-order chi connectivity index (χ0) is 20.2. The van der Waals surface area contributed by atoms with E-state index < -0.39 is 0 Å². The lowest BCUT2D eigenvalue weighted by Crippen LogP contribution is -2.13. The summed E-state index contributed by atoms with van der Waals surface area (Å²) in [7, 11) is 0. The van der Waals surface area contributed by atoms with Crippen molar-refractivity contribution in [3.05, 3.63) is 42.7 Å². The largest absolute Gasteiger partial charge is 0.470 e. The SMILES string of the molecule is CC(C)CC(=O)COc1ccc(-c2nc(Nc3ccc4[nH]ncc4c3)n[nH]2)cn1. The maximum Gasteiger partial charge on any atom is 0.246 e. The molecule has 4 aromatic rings. The molecule has 0 spiro atoms. The number of hydrogen-bond acceptors (Lipinski definition) is 7. The number of anilines is 2. The van der Waals surface area contributed by atoms with Gasteiger partial charge in [-0.25, -0.2) is 4.98 Å². The van der Waals surface area contributed by atoms with Gasteiger partial charge in [0, 0.05) is 35.3 Å². The number of carbonyl (C=O) groups is 1. The number of Topliss-reactive ketones (excluding diaryl/α,β-unsaturated/α-hetero) is 1. The van der Waals surface area contributed by atoms with E-state index in [1.165, 1.54) is 0 Å². The molecular formula is C20H21N7O2. The van der Waals surface area contributed by atoms with Crippen LogP contribution in [0.5, 0.6) is 5.88 Å². The van der Waals surface area contributed by atoms with E-state index in [0.717, 1.165) is 22.2 Å². The third kappa shape index (κ3) is 4.57. The van der Waals surface area contributed by atoms with Crippen LogP contribution in [0.1, 0.15) is 20.3 Å². The summed E-state index contributed by atoms with van der Waals surface area (Å²) < 4.78 is 5.45. The van der Waals surface area contributed by atoms with Crippen LogP contribution < -0.4 is 10.1 Å². The average Bonchev–Trinajstić information content (AvgIpc) is 3.35. The molecule has 0 amide bonds. The van der Waals surface area contributed by atoms with Gasteiger partial charge in [-0.3, -0.25) is 15.0 Å². The molecule has 0 aliphatic carbocycles. The molecule has 0 bridgehead atoms. The summed E-state index contributed by atoms with van der Waals surface area (Å²) in [6, 6.07) is 9.35. The Morgan fingerprint density at radius 1 is 1.17 bits per heavy atom. The normalized spacial score (nSPS) is 11.1. The fourth-order valence-corrected chi connectivity index (χ4v) is 2.87. The summed E-state index contributed by atoms with van der Waals surface area (Å²) in [5.41, 5.74) is 2.58. The van der Waals surface area contributed by atoms with Crippen molar-refractivity contribution in [1.82, 2.24) is 30.4 Å². The third-order valence-electron chi connectivity index (χ3n) is 4.21. The van der Waals surface area contributed by atoms with Gasteiger partial charge in [0.1, 0.15) is 6.61 Å². The summed E-state index contributed by atoms with van der Waals surface area (Å²) >= 11 is 0. The number of ether oxygens (including phenoxy) is 1. The first-order chi connectivity index (χ1) is 14.1. The number of rotatable bonds is 8. The zero-order valence-corrected chi connectivity index (χ0v) is 16.1. The van der Waals surface area contributed by atoms with Crippen LogP contribution in [0, 0.1) is 5.92 Å². The van der Waals surface area contributed by atoms with Gasteiger partial charge >= 0.3 is 0 Å². The van der Waals surface area contributed by atoms with Crippen LogP contribution in [0.15, 0.2) is 42.7 Å². The zero-order valence-electron chi connectivity index (χ0n) is 16.1. The maximum atomic E-state index is 11.7. The number of hydrogen-bond donors (Lipinski definition) is 3. The van der Waals surface area contributed by atoms with Gasteiger partial charge in [0.25, 0.3) is 0 Å². The quantitative estimate of drug-likeness (QED) is 0.420. The first-order valence-corrected chi connectivity index (χ1v) is 9.30. The fraction of sp³-hybridized carbons (Fsp3) is 0.250. The predicted molar refractivity (Wildman–Crippen MR) is 109 cm³/mol. The standard InChI is InChI=1S/C20H21N7O2/c1-12(2)7-16(28)11-29-18-6-3-13(9-21-18)19-24-20(27-26-19)23-15-4-5-17-14(8-15)10-22-25-17/h3-6,8-10,12H,7,11H2,1-2H3,(H,22,25)(H2,23,24,26,27). The van der Waals surface area contributed by atoms with Gasteiger partial charge in [0.2, 0.25) is 11.8 Å². The number of fused-ring (bicyclic) bond motifs is 1. The molecule has 0 radical (unpaired) electrons. The summed E-state index contributed by atoms with van der Waals surface area (Å²) in [6.45, 7) is 4.03. The molecule has 29 heavy (non-hydrogen) atoms. The highest BCUT2D eigenvalue weighted by molar-refractivity contribution is 5.82.